The zero-order chi connectivity index (χ0) is 14.7. The number of ether oxygens (including phenoxy) is 1. The van der Waals surface area contributed by atoms with Gasteiger partial charge in [0.25, 0.3) is 0 Å². The van der Waals surface area contributed by atoms with E-state index in [1.165, 1.54) is 11.1 Å². The Balaban J connectivity index is 1.63. The van der Waals surface area contributed by atoms with Gasteiger partial charge in [-0.2, -0.15) is 0 Å². The van der Waals surface area contributed by atoms with Crippen molar-refractivity contribution in [3.63, 3.8) is 0 Å². The minimum atomic E-state index is -0.680. The molecule has 1 N–H and O–H groups in total. The first-order chi connectivity index (χ1) is 10.2. The maximum atomic E-state index is 10.9. The Labute approximate surface area is 125 Å². The minimum Gasteiger partial charge on any atom is -0.481 e. The van der Waals surface area contributed by atoms with Gasteiger partial charge in [-0.15, -0.1) is 0 Å². The Morgan fingerprint density at radius 2 is 2.24 bits per heavy atom. The fourth-order valence-electron chi connectivity index (χ4n) is 3.59. The van der Waals surface area contributed by atoms with Crippen molar-refractivity contribution in [2.24, 2.45) is 5.92 Å². The second kappa shape index (κ2) is 6.58. The summed E-state index contributed by atoms with van der Waals surface area (Å²) < 4.78 is 5.97. The molecule has 2 aliphatic heterocycles. The number of carboxylic acid groups (broad SMARTS) is 1. The fraction of sp³-hybridized carbons (Fsp3) is 0.588. The Bertz CT molecular complexity index is 503. The van der Waals surface area contributed by atoms with Gasteiger partial charge in [0.1, 0.15) is 0 Å². The average Bonchev–Trinajstić information content (AvgIpc) is 2.47. The molecular weight excluding hydrogens is 266 g/mol. The summed E-state index contributed by atoms with van der Waals surface area (Å²) in [5.74, 6) is -0.392. The second-order valence-electron chi connectivity index (χ2n) is 6.17. The number of rotatable bonds is 4. The van der Waals surface area contributed by atoms with Gasteiger partial charge >= 0.3 is 5.97 Å². The first-order valence-electron chi connectivity index (χ1n) is 7.86. The van der Waals surface area contributed by atoms with E-state index < -0.39 is 5.97 Å². The van der Waals surface area contributed by atoms with Gasteiger partial charge in [0.15, 0.2) is 0 Å². The van der Waals surface area contributed by atoms with Crippen LogP contribution in [0.5, 0.6) is 0 Å². The first-order valence-corrected chi connectivity index (χ1v) is 7.86. The standard InChI is InChI=1S/C17H23NO3/c19-17(20)10-13-4-3-8-18(11-13)12-16-15-6-2-1-5-14(15)7-9-21-16/h1-2,5-6,13,16H,3-4,7-12H2,(H,19,20). The second-order valence-corrected chi connectivity index (χ2v) is 6.17. The number of aliphatic carboxylic acids is 1. The number of hydrogen-bond acceptors (Lipinski definition) is 3. The largest absolute Gasteiger partial charge is 0.481 e. The summed E-state index contributed by atoms with van der Waals surface area (Å²) in [7, 11) is 0. The predicted octanol–water partition coefficient (Wildman–Crippen LogP) is 2.49. The Morgan fingerprint density at radius 1 is 1.38 bits per heavy atom. The van der Waals surface area contributed by atoms with Crippen LogP contribution in [-0.2, 0) is 16.0 Å². The van der Waals surface area contributed by atoms with Crippen molar-refractivity contribution in [3.8, 4) is 0 Å². The van der Waals surface area contributed by atoms with Crippen molar-refractivity contribution in [1.82, 2.24) is 4.90 Å². The number of benzene rings is 1. The molecule has 1 fully saturated rings. The summed E-state index contributed by atoms with van der Waals surface area (Å²) in [4.78, 5) is 13.3. The minimum absolute atomic E-state index is 0.138. The van der Waals surface area contributed by atoms with Crippen LogP contribution in [0.4, 0.5) is 0 Å². The van der Waals surface area contributed by atoms with E-state index in [-0.39, 0.29) is 12.0 Å². The number of fused-ring (bicyclic) bond motifs is 1. The molecule has 4 nitrogen and oxygen atoms in total. The van der Waals surface area contributed by atoms with E-state index in [0.29, 0.717) is 6.42 Å². The van der Waals surface area contributed by atoms with Gasteiger partial charge in [-0.05, 0) is 42.9 Å². The third-order valence-electron chi connectivity index (χ3n) is 4.58. The highest BCUT2D eigenvalue weighted by atomic mass is 16.5. The van der Waals surface area contributed by atoms with Crippen LogP contribution in [-0.4, -0.2) is 42.2 Å². The molecule has 0 spiro atoms. The van der Waals surface area contributed by atoms with Gasteiger partial charge in [0, 0.05) is 19.5 Å². The van der Waals surface area contributed by atoms with E-state index in [1.54, 1.807) is 0 Å². The number of carboxylic acids is 1. The van der Waals surface area contributed by atoms with E-state index in [4.69, 9.17) is 9.84 Å². The highest BCUT2D eigenvalue weighted by molar-refractivity contribution is 5.67. The summed E-state index contributed by atoms with van der Waals surface area (Å²) >= 11 is 0. The van der Waals surface area contributed by atoms with Gasteiger partial charge < -0.3 is 14.7 Å². The van der Waals surface area contributed by atoms with Crippen molar-refractivity contribution in [1.29, 1.82) is 0 Å². The molecule has 1 aromatic rings. The first kappa shape index (κ1) is 14.5. The SMILES string of the molecule is O=C(O)CC1CCCN(CC2OCCc3ccccc32)C1. The molecule has 0 aromatic heterocycles. The van der Waals surface area contributed by atoms with Crippen LogP contribution in [0.1, 0.15) is 36.5 Å². The van der Waals surface area contributed by atoms with E-state index in [0.717, 1.165) is 45.5 Å². The normalized spacial score (nSPS) is 26.3. The third kappa shape index (κ3) is 3.63. The molecule has 2 heterocycles. The third-order valence-corrected chi connectivity index (χ3v) is 4.58. The lowest BCUT2D eigenvalue weighted by atomic mass is 9.93. The Morgan fingerprint density at radius 3 is 3.10 bits per heavy atom. The van der Waals surface area contributed by atoms with Crippen LogP contribution < -0.4 is 0 Å². The van der Waals surface area contributed by atoms with E-state index >= 15 is 0 Å². The molecule has 2 atom stereocenters. The summed E-state index contributed by atoms with van der Waals surface area (Å²) in [6, 6.07) is 8.51. The molecule has 0 radical (unpaired) electrons. The van der Waals surface area contributed by atoms with Gasteiger partial charge in [-0.1, -0.05) is 24.3 Å². The van der Waals surface area contributed by atoms with Crippen molar-refractivity contribution < 1.29 is 14.6 Å². The summed E-state index contributed by atoms with van der Waals surface area (Å²) in [6.07, 6.45) is 3.54. The molecule has 21 heavy (non-hydrogen) atoms. The van der Waals surface area contributed by atoms with Crippen molar-refractivity contribution in [3.05, 3.63) is 35.4 Å². The maximum absolute atomic E-state index is 10.9. The van der Waals surface area contributed by atoms with Crippen LogP contribution in [0.25, 0.3) is 0 Å². The van der Waals surface area contributed by atoms with Crippen LogP contribution in [0, 0.1) is 5.92 Å². The van der Waals surface area contributed by atoms with Crippen molar-refractivity contribution in [2.75, 3.05) is 26.2 Å². The molecule has 2 unspecified atom stereocenters. The van der Waals surface area contributed by atoms with Crippen molar-refractivity contribution in [2.45, 2.75) is 31.8 Å². The quantitative estimate of drug-likeness (QED) is 0.925. The number of piperidine rings is 1. The molecule has 1 aromatic carbocycles. The number of carbonyl (C=O) groups is 1. The lowest BCUT2D eigenvalue weighted by molar-refractivity contribution is -0.138. The Kier molecular flexibility index (Phi) is 4.56. The highest BCUT2D eigenvalue weighted by Crippen LogP contribution is 2.29. The molecular formula is C17H23NO3. The van der Waals surface area contributed by atoms with Crippen LogP contribution in [0.3, 0.4) is 0 Å². The van der Waals surface area contributed by atoms with Gasteiger partial charge in [0.2, 0.25) is 0 Å². The molecule has 0 bridgehead atoms. The van der Waals surface area contributed by atoms with Crippen LogP contribution in [0.15, 0.2) is 24.3 Å². The molecule has 0 saturated carbocycles. The lowest BCUT2D eigenvalue weighted by Crippen LogP contribution is -2.40. The number of likely N-dealkylation sites (tertiary alicyclic amines) is 1. The lowest BCUT2D eigenvalue weighted by Gasteiger charge is -2.36. The van der Waals surface area contributed by atoms with Crippen LogP contribution >= 0.6 is 0 Å². The van der Waals surface area contributed by atoms with E-state index in [2.05, 4.69) is 29.2 Å². The van der Waals surface area contributed by atoms with E-state index in [9.17, 15) is 4.79 Å². The maximum Gasteiger partial charge on any atom is 0.303 e. The number of nitrogens with zero attached hydrogens (tertiary/aromatic N) is 1. The molecule has 2 aliphatic rings. The van der Waals surface area contributed by atoms with E-state index in [1.807, 2.05) is 0 Å². The van der Waals surface area contributed by atoms with Crippen LogP contribution in [0.2, 0.25) is 0 Å². The summed E-state index contributed by atoms with van der Waals surface area (Å²) in [6.45, 7) is 3.60. The van der Waals surface area contributed by atoms with Gasteiger partial charge in [0.05, 0.1) is 12.7 Å². The summed E-state index contributed by atoms with van der Waals surface area (Å²) in [5.41, 5.74) is 2.71. The molecule has 0 aliphatic carbocycles. The smallest absolute Gasteiger partial charge is 0.303 e. The number of hydrogen-bond donors (Lipinski definition) is 1. The Hall–Kier alpha value is -1.39. The molecule has 3 rings (SSSR count). The molecule has 114 valence electrons. The molecule has 0 amide bonds. The fourth-order valence-corrected chi connectivity index (χ4v) is 3.59. The monoisotopic (exact) mass is 289 g/mol. The predicted molar refractivity (Wildman–Crippen MR) is 80.3 cm³/mol. The average molecular weight is 289 g/mol. The topological polar surface area (TPSA) is 49.8 Å². The zero-order valence-electron chi connectivity index (χ0n) is 12.3. The van der Waals surface area contributed by atoms with Gasteiger partial charge in [-0.3, -0.25) is 4.79 Å². The van der Waals surface area contributed by atoms with Gasteiger partial charge in [-0.25, -0.2) is 0 Å². The van der Waals surface area contributed by atoms with Crippen molar-refractivity contribution >= 4 is 5.97 Å². The highest BCUT2D eigenvalue weighted by Gasteiger charge is 2.27. The zero-order valence-corrected chi connectivity index (χ0v) is 12.3. The molecule has 1 saturated heterocycles. The summed E-state index contributed by atoms with van der Waals surface area (Å²) in [5, 5.41) is 8.96. The molecule has 4 heteroatoms.